The van der Waals surface area contributed by atoms with E-state index in [0.29, 0.717) is 18.9 Å². The zero-order valence-electron chi connectivity index (χ0n) is 19.4. The van der Waals surface area contributed by atoms with Crippen molar-refractivity contribution >= 4 is 6.21 Å². The number of hydrogen-bond donors (Lipinski definition) is 2. The Hall–Kier alpha value is -3.45. The lowest BCUT2D eigenvalue weighted by Crippen LogP contribution is -2.33. The number of piperidine rings is 1. The molecule has 0 unspecified atom stereocenters. The minimum atomic E-state index is -0.614. The number of benzene rings is 2. The number of likely N-dealkylation sites (tertiary alicyclic amines) is 1. The number of aliphatic imine (C=N–C) groups is 1. The molecule has 0 amide bonds. The molecule has 34 heavy (non-hydrogen) atoms. The smallest absolute Gasteiger partial charge is 0.331 e. The van der Waals surface area contributed by atoms with Crippen LogP contribution in [0.5, 0.6) is 5.88 Å². The largest absolute Gasteiger partial charge is 0.494 e. The number of nitrogens with zero attached hydrogens (tertiary/aromatic N) is 3. The van der Waals surface area contributed by atoms with Crippen LogP contribution in [-0.2, 0) is 19.5 Å². The van der Waals surface area contributed by atoms with Gasteiger partial charge < -0.3 is 5.11 Å². The lowest BCUT2D eigenvalue weighted by Gasteiger charge is -2.31. The van der Waals surface area contributed by atoms with Gasteiger partial charge in [0.25, 0.3) is 5.56 Å². The minimum Gasteiger partial charge on any atom is -0.494 e. The van der Waals surface area contributed by atoms with Crippen LogP contribution in [0.2, 0.25) is 0 Å². The number of aromatic amines is 1. The molecule has 2 heterocycles. The zero-order valence-corrected chi connectivity index (χ0v) is 19.4. The van der Waals surface area contributed by atoms with E-state index in [4.69, 9.17) is 0 Å². The fourth-order valence-electron chi connectivity index (χ4n) is 4.47. The van der Waals surface area contributed by atoms with Crippen molar-refractivity contribution < 1.29 is 5.11 Å². The zero-order chi connectivity index (χ0) is 23.8. The Labute approximate surface area is 199 Å². The summed E-state index contributed by atoms with van der Waals surface area (Å²) in [6, 6.07) is 20.2. The standard InChI is InChI=1S/C27H32N4O3/c32-25-24(26(33)31(27(34)29-25)18-14-21-7-3-1-4-8-21)19-28-15-11-22-12-16-30(17-13-22)20-23-9-5-2-6-10-23/h1-10,19,22,33H,11-18,20H2,(H,29,32,34). The van der Waals surface area contributed by atoms with Gasteiger partial charge in [0.15, 0.2) is 0 Å². The molecule has 1 aliphatic rings. The number of aromatic hydroxyl groups is 1. The maximum absolute atomic E-state index is 12.2. The molecule has 7 heteroatoms. The summed E-state index contributed by atoms with van der Waals surface area (Å²) < 4.78 is 1.19. The Morgan fingerprint density at radius 2 is 1.62 bits per heavy atom. The molecule has 0 radical (unpaired) electrons. The average Bonchev–Trinajstić information content (AvgIpc) is 2.85. The molecule has 1 fully saturated rings. The van der Waals surface area contributed by atoms with Crippen LogP contribution in [0.1, 0.15) is 36.0 Å². The molecule has 0 bridgehead atoms. The molecular formula is C27H32N4O3. The number of hydrogen-bond acceptors (Lipinski definition) is 5. The third-order valence-corrected chi connectivity index (χ3v) is 6.52. The van der Waals surface area contributed by atoms with Crippen molar-refractivity contribution in [3.63, 3.8) is 0 Å². The lowest BCUT2D eigenvalue weighted by atomic mass is 9.93. The summed E-state index contributed by atoms with van der Waals surface area (Å²) in [5.74, 6) is 0.276. The summed E-state index contributed by atoms with van der Waals surface area (Å²) in [6.07, 6.45) is 5.19. The number of nitrogens with one attached hydrogen (secondary N) is 1. The Kier molecular flexibility index (Phi) is 8.09. The van der Waals surface area contributed by atoms with Crippen molar-refractivity contribution in [1.82, 2.24) is 14.5 Å². The van der Waals surface area contributed by atoms with Gasteiger partial charge in [-0.2, -0.15) is 0 Å². The minimum absolute atomic E-state index is 0.0327. The van der Waals surface area contributed by atoms with Crippen LogP contribution in [0.25, 0.3) is 0 Å². The van der Waals surface area contributed by atoms with Gasteiger partial charge in [-0.25, -0.2) is 4.79 Å². The van der Waals surface area contributed by atoms with Crippen LogP contribution in [0.15, 0.2) is 75.2 Å². The molecule has 4 rings (SSSR count). The van der Waals surface area contributed by atoms with Crippen LogP contribution in [0.4, 0.5) is 0 Å². The molecule has 7 nitrogen and oxygen atoms in total. The highest BCUT2D eigenvalue weighted by atomic mass is 16.3. The molecule has 0 saturated carbocycles. The fourth-order valence-corrected chi connectivity index (χ4v) is 4.47. The number of aromatic nitrogens is 2. The topological polar surface area (TPSA) is 90.7 Å². The SMILES string of the molecule is O=c1[nH]c(=O)n(CCc2ccccc2)c(O)c1C=NCCC1CCN(Cc2ccccc2)CC1. The fraction of sp³-hybridized carbons (Fsp3) is 0.370. The predicted octanol–water partition coefficient (Wildman–Crippen LogP) is 3.21. The quantitative estimate of drug-likeness (QED) is 0.480. The van der Waals surface area contributed by atoms with E-state index in [9.17, 15) is 14.7 Å². The Morgan fingerprint density at radius 1 is 0.971 bits per heavy atom. The van der Waals surface area contributed by atoms with Gasteiger partial charge in [0.2, 0.25) is 5.88 Å². The molecule has 1 aromatic heterocycles. The van der Waals surface area contributed by atoms with Gasteiger partial charge in [0, 0.05) is 25.8 Å². The van der Waals surface area contributed by atoms with Crippen LogP contribution in [-0.4, -0.2) is 45.4 Å². The Balaban J connectivity index is 1.29. The van der Waals surface area contributed by atoms with Crippen molar-refractivity contribution in [1.29, 1.82) is 0 Å². The number of aryl methyl sites for hydroxylation is 1. The van der Waals surface area contributed by atoms with Crippen LogP contribution < -0.4 is 11.2 Å². The van der Waals surface area contributed by atoms with Crippen LogP contribution in [0.3, 0.4) is 0 Å². The van der Waals surface area contributed by atoms with E-state index in [1.807, 2.05) is 36.4 Å². The normalized spacial score (nSPS) is 15.2. The highest BCUT2D eigenvalue weighted by Gasteiger charge is 2.19. The second-order valence-corrected chi connectivity index (χ2v) is 8.91. The molecule has 1 saturated heterocycles. The van der Waals surface area contributed by atoms with Gasteiger partial charge >= 0.3 is 5.69 Å². The van der Waals surface area contributed by atoms with Gasteiger partial charge in [-0.3, -0.25) is 24.2 Å². The molecule has 0 spiro atoms. The first kappa shape index (κ1) is 23.7. The summed E-state index contributed by atoms with van der Waals surface area (Å²) in [7, 11) is 0. The van der Waals surface area contributed by atoms with E-state index in [0.717, 1.165) is 44.5 Å². The van der Waals surface area contributed by atoms with Crippen molar-refractivity contribution in [2.24, 2.45) is 10.9 Å². The van der Waals surface area contributed by atoms with Crippen molar-refractivity contribution in [3.8, 4) is 5.88 Å². The van der Waals surface area contributed by atoms with Crippen LogP contribution in [0, 0.1) is 5.92 Å². The number of H-pyrrole nitrogens is 1. The van der Waals surface area contributed by atoms with Gasteiger partial charge in [-0.15, -0.1) is 0 Å². The Bertz CT molecular complexity index is 1190. The average molecular weight is 461 g/mol. The summed E-state index contributed by atoms with van der Waals surface area (Å²) in [4.78, 5) is 33.6. The second kappa shape index (κ2) is 11.6. The first-order valence-electron chi connectivity index (χ1n) is 12.0. The highest BCUT2D eigenvalue weighted by Crippen LogP contribution is 2.22. The monoisotopic (exact) mass is 460 g/mol. The van der Waals surface area contributed by atoms with E-state index < -0.39 is 11.2 Å². The third-order valence-electron chi connectivity index (χ3n) is 6.52. The molecule has 178 valence electrons. The summed E-state index contributed by atoms with van der Waals surface area (Å²) in [6.45, 7) is 4.01. The summed E-state index contributed by atoms with van der Waals surface area (Å²) in [5, 5.41) is 10.6. The molecule has 2 aromatic carbocycles. The van der Waals surface area contributed by atoms with E-state index in [1.54, 1.807) is 0 Å². The first-order valence-corrected chi connectivity index (χ1v) is 12.0. The maximum Gasteiger partial charge on any atom is 0.331 e. The first-order chi connectivity index (χ1) is 16.6. The molecule has 1 aliphatic heterocycles. The second-order valence-electron chi connectivity index (χ2n) is 8.91. The summed E-state index contributed by atoms with van der Waals surface area (Å²) >= 11 is 0. The van der Waals surface area contributed by atoms with E-state index in [1.165, 1.54) is 16.3 Å². The van der Waals surface area contributed by atoms with Gasteiger partial charge in [0.1, 0.15) is 5.56 Å². The molecular weight excluding hydrogens is 428 g/mol. The number of rotatable bonds is 9. The predicted molar refractivity (Wildman–Crippen MR) is 135 cm³/mol. The summed E-state index contributed by atoms with van der Waals surface area (Å²) in [5.41, 5.74) is 1.20. The van der Waals surface area contributed by atoms with E-state index in [-0.39, 0.29) is 18.0 Å². The third kappa shape index (κ3) is 6.32. The highest BCUT2D eigenvalue weighted by molar-refractivity contribution is 5.81. The molecule has 0 atom stereocenters. The van der Waals surface area contributed by atoms with Gasteiger partial charge in [-0.05, 0) is 55.8 Å². The lowest BCUT2D eigenvalue weighted by molar-refractivity contribution is 0.173. The molecule has 0 aliphatic carbocycles. The maximum atomic E-state index is 12.2. The van der Waals surface area contributed by atoms with Crippen LogP contribution >= 0.6 is 0 Å². The van der Waals surface area contributed by atoms with Crippen molar-refractivity contribution in [2.75, 3.05) is 19.6 Å². The van der Waals surface area contributed by atoms with Crippen molar-refractivity contribution in [3.05, 3.63) is 98.2 Å². The van der Waals surface area contributed by atoms with E-state index in [2.05, 4.69) is 39.1 Å². The van der Waals surface area contributed by atoms with E-state index >= 15 is 0 Å². The van der Waals surface area contributed by atoms with Gasteiger partial charge in [-0.1, -0.05) is 60.7 Å². The Morgan fingerprint density at radius 3 is 2.29 bits per heavy atom. The molecule has 3 aromatic rings. The van der Waals surface area contributed by atoms with Crippen molar-refractivity contribution in [2.45, 2.75) is 38.8 Å². The molecule has 2 N–H and O–H groups in total. The van der Waals surface area contributed by atoms with Gasteiger partial charge in [0.05, 0.1) is 0 Å².